The molecule has 2 N–H and O–H groups in total. The average molecular weight is 273 g/mol. The minimum atomic E-state index is 0.436. The molecule has 0 saturated carbocycles. The first-order valence-electron chi connectivity index (χ1n) is 6.18. The Morgan fingerprint density at radius 3 is 3.00 bits per heavy atom. The lowest BCUT2D eigenvalue weighted by atomic mass is 10.1. The van der Waals surface area contributed by atoms with E-state index in [2.05, 4.69) is 32.7 Å². The van der Waals surface area contributed by atoms with Crippen LogP contribution in [0, 0.1) is 6.92 Å². The number of aromatic nitrogens is 3. The molecule has 0 bridgehead atoms. The number of nitrogens with two attached hydrogens (primary N) is 1. The second-order valence-corrected chi connectivity index (χ2v) is 5.14. The molecule has 0 saturated heterocycles. The van der Waals surface area contributed by atoms with Gasteiger partial charge in [0.25, 0.3) is 0 Å². The first-order chi connectivity index (χ1) is 9.16. The van der Waals surface area contributed by atoms with E-state index < -0.39 is 0 Å². The third-order valence-electron chi connectivity index (χ3n) is 3.46. The maximum Gasteiger partial charge on any atom is 0.152 e. The monoisotopic (exact) mass is 273 g/mol. The molecule has 1 aliphatic heterocycles. The maximum absolute atomic E-state index is 5.84. The molecule has 0 unspecified atom stereocenters. The molecule has 0 amide bonds. The Morgan fingerprint density at radius 2 is 2.21 bits per heavy atom. The fourth-order valence-corrected chi connectivity index (χ4v) is 2.70. The fourth-order valence-electron chi connectivity index (χ4n) is 2.53. The Labute approximate surface area is 117 Å². The second-order valence-electron chi connectivity index (χ2n) is 4.70. The molecule has 0 atom stereocenters. The molecule has 0 radical (unpaired) electrons. The van der Waals surface area contributed by atoms with Crippen LogP contribution in [-0.4, -0.2) is 26.3 Å². The zero-order valence-electron chi connectivity index (χ0n) is 10.7. The van der Waals surface area contributed by atoms with Crippen LogP contribution in [0.1, 0.15) is 17.0 Å². The number of anilines is 1. The van der Waals surface area contributed by atoms with Crippen molar-refractivity contribution in [1.29, 1.82) is 0 Å². The SMILES string of the molecule is Cc1cccc(C(N)=S)c1N1CCn2cnnc2C1. The van der Waals surface area contributed by atoms with Crippen molar-refractivity contribution in [2.75, 3.05) is 11.4 Å². The zero-order valence-corrected chi connectivity index (χ0v) is 11.5. The van der Waals surface area contributed by atoms with E-state index in [1.165, 1.54) is 5.56 Å². The number of aryl methyl sites for hydroxylation is 1. The van der Waals surface area contributed by atoms with E-state index in [0.29, 0.717) is 4.99 Å². The predicted molar refractivity (Wildman–Crippen MR) is 78.1 cm³/mol. The van der Waals surface area contributed by atoms with Crippen LogP contribution in [0.15, 0.2) is 24.5 Å². The Balaban J connectivity index is 2.02. The van der Waals surface area contributed by atoms with Crippen molar-refractivity contribution in [2.45, 2.75) is 20.0 Å². The zero-order chi connectivity index (χ0) is 13.4. The number of rotatable bonds is 2. The van der Waals surface area contributed by atoms with E-state index in [1.54, 1.807) is 6.33 Å². The minimum absolute atomic E-state index is 0.436. The topological polar surface area (TPSA) is 60.0 Å². The van der Waals surface area contributed by atoms with Gasteiger partial charge in [-0.05, 0) is 18.6 Å². The number of hydrogen-bond acceptors (Lipinski definition) is 4. The lowest BCUT2D eigenvalue weighted by Crippen LogP contribution is -2.35. The Morgan fingerprint density at radius 1 is 1.37 bits per heavy atom. The van der Waals surface area contributed by atoms with Crippen LogP contribution in [0.3, 0.4) is 0 Å². The number of thiocarbonyl (C=S) groups is 1. The number of nitrogens with zero attached hydrogens (tertiary/aromatic N) is 4. The van der Waals surface area contributed by atoms with Crippen molar-refractivity contribution in [3.63, 3.8) is 0 Å². The van der Waals surface area contributed by atoms with Crippen LogP contribution in [0.5, 0.6) is 0 Å². The van der Waals surface area contributed by atoms with Crippen molar-refractivity contribution in [3.8, 4) is 0 Å². The van der Waals surface area contributed by atoms with E-state index in [1.807, 2.05) is 12.1 Å². The average Bonchev–Trinajstić information content (AvgIpc) is 2.85. The predicted octanol–water partition coefficient (Wildman–Crippen LogP) is 1.24. The normalized spacial score (nSPS) is 14.3. The number of benzene rings is 1. The molecule has 0 aliphatic carbocycles. The van der Waals surface area contributed by atoms with E-state index >= 15 is 0 Å². The van der Waals surface area contributed by atoms with Crippen LogP contribution in [-0.2, 0) is 13.1 Å². The maximum atomic E-state index is 5.84. The standard InChI is InChI=1S/C13H15N5S/c1-9-3-2-4-10(13(14)19)12(9)17-5-6-18-8-15-16-11(18)7-17/h2-4,8H,5-7H2,1H3,(H2,14,19). The molecule has 2 aromatic rings. The van der Waals surface area contributed by atoms with Gasteiger partial charge in [-0.2, -0.15) is 0 Å². The Bertz CT molecular complexity index is 634. The van der Waals surface area contributed by atoms with Crippen molar-refractivity contribution in [2.24, 2.45) is 5.73 Å². The second kappa shape index (κ2) is 4.62. The minimum Gasteiger partial charge on any atom is -0.389 e. The fraction of sp³-hybridized carbons (Fsp3) is 0.308. The molecule has 0 fully saturated rings. The molecule has 3 rings (SSSR count). The third-order valence-corrected chi connectivity index (χ3v) is 3.68. The van der Waals surface area contributed by atoms with Crippen LogP contribution >= 0.6 is 12.2 Å². The summed E-state index contributed by atoms with van der Waals surface area (Å²) in [4.78, 5) is 2.71. The number of fused-ring (bicyclic) bond motifs is 1. The highest BCUT2D eigenvalue weighted by molar-refractivity contribution is 7.80. The lowest BCUT2D eigenvalue weighted by Gasteiger charge is -2.31. The molecule has 2 heterocycles. The summed E-state index contributed by atoms with van der Waals surface area (Å²) in [5, 5.41) is 8.09. The number of hydrogen-bond donors (Lipinski definition) is 1. The summed E-state index contributed by atoms with van der Waals surface area (Å²) < 4.78 is 2.08. The highest BCUT2D eigenvalue weighted by atomic mass is 32.1. The molecule has 5 nitrogen and oxygen atoms in total. The summed E-state index contributed by atoms with van der Waals surface area (Å²) in [6, 6.07) is 6.04. The summed E-state index contributed by atoms with van der Waals surface area (Å²) in [6.07, 6.45) is 1.78. The molecule has 1 aliphatic rings. The van der Waals surface area contributed by atoms with Gasteiger partial charge in [0.1, 0.15) is 11.3 Å². The molecule has 98 valence electrons. The summed E-state index contributed by atoms with van der Waals surface area (Å²) in [5.41, 5.74) is 9.06. The quantitative estimate of drug-likeness (QED) is 0.834. The van der Waals surface area contributed by atoms with Gasteiger partial charge >= 0.3 is 0 Å². The van der Waals surface area contributed by atoms with Gasteiger partial charge < -0.3 is 15.2 Å². The lowest BCUT2D eigenvalue weighted by molar-refractivity contribution is 0.559. The van der Waals surface area contributed by atoms with Crippen LogP contribution in [0.2, 0.25) is 0 Å². The van der Waals surface area contributed by atoms with Gasteiger partial charge in [-0.3, -0.25) is 0 Å². The van der Waals surface area contributed by atoms with Gasteiger partial charge in [-0.1, -0.05) is 24.4 Å². The van der Waals surface area contributed by atoms with Crippen molar-refractivity contribution in [1.82, 2.24) is 14.8 Å². The van der Waals surface area contributed by atoms with Crippen molar-refractivity contribution >= 4 is 22.9 Å². The first kappa shape index (κ1) is 12.1. The molecule has 0 spiro atoms. The van der Waals surface area contributed by atoms with Gasteiger partial charge in [0, 0.05) is 18.7 Å². The van der Waals surface area contributed by atoms with Crippen LogP contribution < -0.4 is 10.6 Å². The first-order valence-corrected chi connectivity index (χ1v) is 6.58. The summed E-state index contributed by atoms with van der Waals surface area (Å²) in [5.74, 6) is 0.975. The summed E-state index contributed by atoms with van der Waals surface area (Å²) >= 11 is 5.16. The molecule has 19 heavy (non-hydrogen) atoms. The van der Waals surface area contributed by atoms with Crippen LogP contribution in [0.4, 0.5) is 5.69 Å². The molecule has 1 aromatic carbocycles. The van der Waals surface area contributed by atoms with Gasteiger partial charge in [0.2, 0.25) is 0 Å². The molecular weight excluding hydrogens is 258 g/mol. The summed E-state index contributed by atoms with van der Waals surface area (Å²) in [6.45, 7) is 4.61. The largest absolute Gasteiger partial charge is 0.389 e. The van der Waals surface area contributed by atoms with Gasteiger partial charge in [-0.15, -0.1) is 10.2 Å². The molecule has 6 heteroatoms. The smallest absolute Gasteiger partial charge is 0.152 e. The van der Waals surface area contributed by atoms with Gasteiger partial charge in [0.05, 0.1) is 12.2 Å². The van der Waals surface area contributed by atoms with Crippen molar-refractivity contribution in [3.05, 3.63) is 41.5 Å². The Hall–Kier alpha value is -1.95. The summed E-state index contributed by atoms with van der Waals surface area (Å²) in [7, 11) is 0. The highest BCUT2D eigenvalue weighted by Crippen LogP contribution is 2.28. The van der Waals surface area contributed by atoms with Crippen LogP contribution in [0.25, 0.3) is 0 Å². The van der Waals surface area contributed by atoms with E-state index in [0.717, 1.165) is 36.7 Å². The van der Waals surface area contributed by atoms with Crippen molar-refractivity contribution < 1.29 is 0 Å². The van der Waals surface area contributed by atoms with Gasteiger partial charge in [-0.25, -0.2) is 0 Å². The highest BCUT2D eigenvalue weighted by Gasteiger charge is 2.21. The van der Waals surface area contributed by atoms with E-state index in [-0.39, 0.29) is 0 Å². The third kappa shape index (κ3) is 2.08. The Kier molecular flexibility index (Phi) is 2.94. The molecular formula is C13H15N5S. The van der Waals surface area contributed by atoms with Gasteiger partial charge in [0.15, 0.2) is 5.82 Å². The van der Waals surface area contributed by atoms with E-state index in [9.17, 15) is 0 Å². The number of para-hydroxylation sites is 1. The van der Waals surface area contributed by atoms with E-state index in [4.69, 9.17) is 18.0 Å². The molecule has 1 aromatic heterocycles.